The summed E-state index contributed by atoms with van der Waals surface area (Å²) in [5.74, 6) is 0.155. The van der Waals surface area contributed by atoms with E-state index in [4.69, 9.17) is 5.73 Å². The molecule has 0 radical (unpaired) electrons. The molecule has 1 aromatic carbocycles. The second-order valence-electron chi connectivity index (χ2n) is 5.95. The molecule has 20 heavy (non-hydrogen) atoms. The van der Waals surface area contributed by atoms with Gasteiger partial charge in [0.2, 0.25) is 5.91 Å². The van der Waals surface area contributed by atoms with Crippen molar-refractivity contribution in [3.63, 3.8) is 0 Å². The molecule has 1 aromatic rings. The Morgan fingerprint density at radius 2 is 1.70 bits per heavy atom. The van der Waals surface area contributed by atoms with Crippen molar-refractivity contribution in [2.45, 2.75) is 46.2 Å². The molecule has 0 aromatic heterocycles. The summed E-state index contributed by atoms with van der Waals surface area (Å²) in [4.78, 5) is 12.0. The average molecular weight is 280 g/mol. The van der Waals surface area contributed by atoms with E-state index in [1.54, 1.807) is 12.1 Å². The molecule has 0 aliphatic heterocycles. The topological polar surface area (TPSA) is 55.1 Å². The van der Waals surface area contributed by atoms with E-state index in [1.807, 2.05) is 27.7 Å². The van der Waals surface area contributed by atoms with Gasteiger partial charge in [-0.2, -0.15) is 0 Å². The van der Waals surface area contributed by atoms with Gasteiger partial charge in [-0.15, -0.1) is 0 Å². The smallest absolute Gasteiger partial charge is 0.222 e. The van der Waals surface area contributed by atoms with Crippen LogP contribution >= 0.6 is 0 Å². The Labute approximate surface area is 120 Å². The van der Waals surface area contributed by atoms with Crippen molar-refractivity contribution in [2.75, 3.05) is 0 Å². The molecule has 2 atom stereocenters. The molecule has 4 heteroatoms. The molecule has 0 saturated carbocycles. The second kappa shape index (κ2) is 7.39. The number of nitrogens with two attached hydrogens (primary N) is 1. The van der Waals surface area contributed by atoms with E-state index < -0.39 is 0 Å². The molecule has 1 amide bonds. The van der Waals surface area contributed by atoms with Crippen LogP contribution in [0.25, 0.3) is 0 Å². The molecule has 1 rings (SSSR count). The zero-order valence-electron chi connectivity index (χ0n) is 12.7. The van der Waals surface area contributed by atoms with Crippen LogP contribution in [0.1, 0.15) is 45.7 Å². The Morgan fingerprint density at radius 3 is 2.15 bits per heavy atom. The van der Waals surface area contributed by atoms with Gasteiger partial charge in [-0.25, -0.2) is 4.39 Å². The van der Waals surface area contributed by atoms with Gasteiger partial charge in [0.1, 0.15) is 5.82 Å². The highest BCUT2D eigenvalue weighted by atomic mass is 19.1. The Kier molecular flexibility index (Phi) is 6.14. The largest absolute Gasteiger partial charge is 0.349 e. The maximum absolute atomic E-state index is 13.0. The first kappa shape index (κ1) is 16.6. The highest BCUT2D eigenvalue weighted by Crippen LogP contribution is 2.22. The summed E-state index contributed by atoms with van der Waals surface area (Å²) in [6.45, 7) is 8.04. The Balaban J connectivity index is 2.73. The average Bonchev–Trinajstić information content (AvgIpc) is 2.36. The summed E-state index contributed by atoms with van der Waals surface area (Å²) in [5.41, 5.74) is 6.83. The quantitative estimate of drug-likeness (QED) is 0.841. The summed E-state index contributed by atoms with van der Waals surface area (Å²) in [6.07, 6.45) is 0.308. The number of carbonyl (C=O) groups is 1. The van der Waals surface area contributed by atoms with Crippen LogP contribution in [0.15, 0.2) is 24.3 Å². The lowest BCUT2D eigenvalue weighted by atomic mass is 9.95. The molecular weight excluding hydrogens is 255 g/mol. The minimum atomic E-state index is -0.274. The number of hydrogen-bond donors (Lipinski definition) is 2. The molecule has 0 heterocycles. The maximum atomic E-state index is 13.0. The van der Waals surface area contributed by atoms with E-state index in [0.717, 1.165) is 5.56 Å². The van der Waals surface area contributed by atoms with Gasteiger partial charge in [0.25, 0.3) is 0 Å². The minimum absolute atomic E-state index is 0.0609. The van der Waals surface area contributed by atoms with E-state index in [1.165, 1.54) is 12.1 Å². The standard InChI is InChI=1S/C16H25FN2O/c1-10(2)14(18)9-15(20)19-16(11(3)4)12-5-7-13(17)8-6-12/h5-8,10-11,14,16H,9,18H2,1-4H3,(H,19,20). The van der Waals surface area contributed by atoms with Gasteiger partial charge in [0.05, 0.1) is 6.04 Å². The molecular formula is C16H25FN2O. The van der Waals surface area contributed by atoms with Crippen LogP contribution in [0.5, 0.6) is 0 Å². The zero-order chi connectivity index (χ0) is 15.3. The van der Waals surface area contributed by atoms with Crippen LogP contribution in [-0.2, 0) is 4.79 Å². The zero-order valence-corrected chi connectivity index (χ0v) is 12.7. The number of benzene rings is 1. The van der Waals surface area contributed by atoms with Crippen LogP contribution in [-0.4, -0.2) is 11.9 Å². The fourth-order valence-electron chi connectivity index (χ4n) is 1.99. The van der Waals surface area contributed by atoms with E-state index in [9.17, 15) is 9.18 Å². The normalized spacial score (nSPS) is 14.4. The fraction of sp³-hybridized carbons (Fsp3) is 0.562. The summed E-state index contributed by atoms with van der Waals surface area (Å²) >= 11 is 0. The first-order valence-electron chi connectivity index (χ1n) is 7.11. The number of nitrogens with one attached hydrogen (secondary N) is 1. The lowest BCUT2D eigenvalue weighted by Crippen LogP contribution is -2.38. The van der Waals surface area contributed by atoms with Crippen molar-refractivity contribution in [1.82, 2.24) is 5.32 Å². The summed E-state index contributed by atoms with van der Waals surface area (Å²) in [5, 5.41) is 3.00. The van der Waals surface area contributed by atoms with Crippen molar-refractivity contribution in [2.24, 2.45) is 17.6 Å². The van der Waals surface area contributed by atoms with Gasteiger partial charge >= 0.3 is 0 Å². The molecule has 2 unspecified atom stereocenters. The van der Waals surface area contributed by atoms with Crippen LogP contribution in [0, 0.1) is 17.7 Å². The first-order chi connectivity index (χ1) is 9.31. The molecule has 0 spiro atoms. The van der Waals surface area contributed by atoms with Gasteiger partial charge in [-0.05, 0) is 29.5 Å². The highest BCUT2D eigenvalue weighted by Gasteiger charge is 2.20. The molecule has 0 fully saturated rings. The molecule has 0 bridgehead atoms. The Hall–Kier alpha value is -1.42. The van der Waals surface area contributed by atoms with E-state index >= 15 is 0 Å². The monoisotopic (exact) mass is 280 g/mol. The van der Waals surface area contributed by atoms with Crippen molar-refractivity contribution in [3.8, 4) is 0 Å². The van der Waals surface area contributed by atoms with Crippen LogP contribution < -0.4 is 11.1 Å². The number of carbonyl (C=O) groups excluding carboxylic acids is 1. The SMILES string of the molecule is CC(C)C(N)CC(=O)NC(c1ccc(F)cc1)C(C)C. The minimum Gasteiger partial charge on any atom is -0.349 e. The Bertz CT molecular complexity index is 429. The third-order valence-corrected chi connectivity index (χ3v) is 3.49. The van der Waals surface area contributed by atoms with Gasteiger partial charge in [0.15, 0.2) is 0 Å². The van der Waals surface area contributed by atoms with Crippen molar-refractivity contribution in [1.29, 1.82) is 0 Å². The predicted octanol–water partition coefficient (Wildman–Crippen LogP) is 3.01. The highest BCUT2D eigenvalue weighted by molar-refractivity contribution is 5.77. The molecule has 0 aliphatic carbocycles. The molecule has 0 saturated heterocycles. The van der Waals surface area contributed by atoms with Crippen LogP contribution in [0.4, 0.5) is 4.39 Å². The summed E-state index contributed by atoms with van der Waals surface area (Å²) in [7, 11) is 0. The van der Waals surface area contributed by atoms with Gasteiger partial charge < -0.3 is 11.1 Å². The van der Waals surface area contributed by atoms with E-state index in [2.05, 4.69) is 5.32 Å². The van der Waals surface area contributed by atoms with Gasteiger partial charge in [-0.3, -0.25) is 4.79 Å². The second-order valence-corrected chi connectivity index (χ2v) is 5.95. The number of rotatable bonds is 6. The first-order valence-corrected chi connectivity index (χ1v) is 7.11. The number of amides is 1. The summed E-state index contributed by atoms with van der Waals surface area (Å²) in [6, 6.07) is 5.98. The number of hydrogen-bond acceptors (Lipinski definition) is 2. The third-order valence-electron chi connectivity index (χ3n) is 3.49. The van der Waals surface area contributed by atoms with Gasteiger partial charge in [0, 0.05) is 12.5 Å². The van der Waals surface area contributed by atoms with Gasteiger partial charge in [-0.1, -0.05) is 39.8 Å². The fourth-order valence-corrected chi connectivity index (χ4v) is 1.99. The third kappa shape index (κ3) is 4.93. The molecule has 0 aliphatic rings. The van der Waals surface area contributed by atoms with Crippen LogP contribution in [0.3, 0.4) is 0 Å². The van der Waals surface area contributed by atoms with Crippen molar-refractivity contribution < 1.29 is 9.18 Å². The lowest BCUT2D eigenvalue weighted by molar-refractivity contribution is -0.122. The molecule has 3 nitrogen and oxygen atoms in total. The van der Waals surface area contributed by atoms with Crippen molar-refractivity contribution >= 4 is 5.91 Å². The Morgan fingerprint density at radius 1 is 1.15 bits per heavy atom. The summed E-state index contributed by atoms with van der Waals surface area (Å²) < 4.78 is 13.0. The van der Waals surface area contributed by atoms with Crippen molar-refractivity contribution in [3.05, 3.63) is 35.6 Å². The molecule has 112 valence electrons. The van der Waals surface area contributed by atoms with E-state index in [-0.39, 0.29) is 35.6 Å². The maximum Gasteiger partial charge on any atom is 0.222 e. The number of halogens is 1. The predicted molar refractivity (Wildman–Crippen MR) is 79.6 cm³/mol. The van der Waals surface area contributed by atoms with Crippen LogP contribution in [0.2, 0.25) is 0 Å². The molecule has 3 N–H and O–H groups in total. The van der Waals surface area contributed by atoms with E-state index in [0.29, 0.717) is 6.42 Å². The lowest BCUT2D eigenvalue weighted by Gasteiger charge is -2.24.